The quantitative estimate of drug-likeness (QED) is 0.772. The zero-order chi connectivity index (χ0) is 11.4. The Labute approximate surface area is 94.7 Å². The molecule has 0 aliphatic heterocycles. The van der Waals surface area contributed by atoms with Gasteiger partial charge >= 0.3 is 0 Å². The van der Waals surface area contributed by atoms with Gasteiger partial charge in [0.05, 0.1) is 0 Å². The molecular weight excluding hydrogens is 210 g/mol. The second-order valence-corrected chi connectivity index (χ2v) is 4.00. The fourth-order valence-electron chi connectivity index (χ4n) is 1.34. The van der Waals surface area contributed by atoms with Crippen LogP contribution in [0.15, 0.2) is 6.20 Å². The molecule has 1 atom stereocenters. The van der Waals surface area contributed by atoms with E-state index in [1.54, 1.807) is 4.57 Å². The lowest BCUT2D eigenvalue weighted by molar-refractivity contribution is -0.123. The van der Waals surface area contributed by atoms with E-state index in [1.165, 1.54) is 0 Å². The fraction of sp³-hybridized carbons (Fsp3) is 0.600. The lowest BCUT2D eigenvalue weighted by Crippen LogP contribution is -2.31. The van der Waals surface area contributed by atoms with Gasteiger partial charge in [-0.2, -0.15) is 0 Å². The zero-order valence-electron chi connectivity index (χ0n) is 9.33. The van der Waals surface area contributed by atoms with Gasteiger partial charge in [0.25, 0.3) is 0 Å². The van der Waals surface area contributed by atoms with Crippen molar-refractivity contribution in [1.29, 1.82) is 0 Å². The summed E-state index contributed by atoms with van der Waals surface area (Å²) in [6.45, 7) is 6.49. The van der Waals surface area contributed by atoms with Gasteiger partial charge in [-0.15, -0.1) is 0 Å². The van der Waals surface area contributed by atoms with E-state index in [1.807, 2.05) is 27.0 Å². The van der Waals surface area contributed by atoms with Gasteiger partial charge in [0, 0.05) is 18.4 Å². The van der Waals surface area contributed by atoms with Crippen LogP contribution >= 0.6 is 12.2 Å². The largest absolute Gasteiger partial charge is 0.354 e. The van der Waals surface area contributed by atoms with Gasteiger partial charge in [-0.1, -0.05) is 6.92 Å². The third-order valence-electron chi connectivity index (χ3n) is 2.22. The Morgan fingerprint density at radius 3 is 2.87 bits per heavy atom. The third-order valence-corrected chi connectivity index (χ3v) is 2.53. The Kier molecular flexibility index (Phi) is 4.08. The van der Waals surface area contributed by atoms with Gasteiger partial charge in [0.1, 0.15) is 6.04 Å². The average molecular weight is 227 g/mol. The smallest absolute Gasteiger partial charge is 0.242 e. The normalized spacial score (nSPS) is 12.5. The molecule has 1 amide bonds. The maximum Gasteiger partial charge on any atom is 0.242 e. The first kappa shape index (κ1) is 12.0. The van der Waals surface area contributed by atoms with E-state index in [-0.39, 0.29) is 11.9 Å². The molecule has 15 heavy (non-hydrogen) atoms. The Morgan fingerprint density at radius 1 is 1.73 bits per heavy atom. The van der Waals surface area contributed by atoms with Gasteiger partial charge in [-0.05, 0) is 32.5 Å². The molecule has 0 fully saturated rings. The molecule has 4 nitrogen and oxygen atoms in total. The van der Waals surface area contributed by atoms with Gasteiger partial charge in [0.2, 0.25) is 5.91 Å². The van der Waals surface area contributed by atoms with E-state index in [9.17, 15) is 4.79 Å². The summed E-state index contributed by atoms with van der Waals surface area (Å²) >= 11 is 5.11. The Bertz CT molecular complexity index is 394. The highest BCUT2D eigenvalue weighted by Gasteiger charge is 2.14. The van der Waals surface area contributed by atoms with E-state index in [0.29, 0.717) is 11.3 Å². The molecule has 0 spiro atoms. The molecule has 5 heteroatoms. The summed E-state index contributed by atoms with van der Waals surface area (Å²) in [6.07, 6.45) is 2.80. The van der Waals surface area contributed by atoms with Crippen LogP contribution in [0.5, 0.6) is 0 Å². The first-order valence-electron chi connectivity index (χ1n) is 5.11. The lowest BCUT2D eigenvalue weighted by Gasteiger charge is -2.12. The number of hydrogen-bond donors (Lipinski definition) is 2. The molecule has 1 aromatic heterocycles. The van der Waals surface area contributed by atoms with E-state index in [0.717, 1.165) is 12.1 Å². The topological polar surface area (TPSA) is 49.8 Å². The molecule has 0 aliphatic rings. The number of carbonyl (C=O) groups is 1. The lowest BCUT2D eigenvalue weighted by atomic mass is 10.3. The number of carbonyl (C=O) groups excluding carboxylic acids is 1. The van der Waals surface area contributed by atoms with Crippen molar-refractivity contribution in [2.45, 2.75) is 33.2 Å². The number of aryl methyl sites for hydroxylation is 1. The summed E-state index contributed by atoms with van der Waals surface area (Å²) in [7, 11) is 0. The number of nitrogens with zero attached hydrogens (tertiary/aromatic N) is 1. The minimum absolute atomic E-state index is 0.00644. The van der Waals surface area contributed by atoms with Crippen molar-refractivity contribution in [3.8, 4) is 0 Å². The minimum atomic E-state index is -0.256. The maximum absolute atomic E-state index is 11.7. The molecule has 84 valence electrons. The summed E-state index contributed by atoms with van der Waals surface area (Å²) in [5.41, 5.74) is 0.968. The van der Waals surface area contributed by atoms with Crippen molar-refractivity contribution >= 4 is 18.1 Å². The molecule has 1 unspecified atom stereocenters. The van der Waals surface area contributed by atoms with Crippen molar-refractivity contribution in [2.24, 2.45) is 0 Å². The summed E-state index contributed by atoms with van der Waals surface area (Å²) in [5.74, 6) is 0.00644. The van der Waals surface area contributed by atoms with Gasteiger partial charge < -0.3 is 14.9 Å². The first-order chi connectivity index (χ1) is 7.06. The van der Waals surface area contributed by atoms with Crippen LogP contribution in [0.25, 0.3) is 0 Å². The first-order valence-corrected chi connectivity index (χ1v) is 5.52. The van der Waals surface area contributed by atoms with Crippen LogP contribution < -0.4 is 5.32 Å². The van der Waals surface area contributed by atoms with Gasteiger partial charge in [-0.25, -0.2) is 0 Å². The number of imidazole rings is 1. The minimum Gasteiger partial charge on any atom is -0.354 e. The Balaban J connectivity index is 2.76. The van der Waals surface area contributed by atoms with Crippen LogP contribution in [0.3, 0.4) is 0 Å². The highest BCUT2D eigenvalue weighted by atomic mass is 32.1. The second kappa shape index (κ2) is 5.11. The molecule has 0 radical (unpaired) electrons. The SMILES string of the molecule is CCCNC(=O)C(C)n1cc(C)[nH]c1=S. The Morgan fingerprint density at radius 2 is 2.40 bits per heavy atom. The van der Waals surface area contributed by atoms with Crippen LogP contribution in [0.1, 0.15) is 32.0 Å². The standard InChI is InChI=1S/C10H17N3OS/c1-4-5-11-9(14)8(3)13-6-7(2)12-10(13)15/h6,8H,4-5H2,1-3H3,(H,11,14)(H,12,15). The summed E-state index contributed by atoms with van der Waals surface area (Å²) < 4.78 is 2.36. The Hall–Kier alpha value is -1.10. The summed E-state index contributed by atoms with van der Waals surface area (Å²) in [6, 6.07) is -0.256. The third kappa shape index (κ3) is 2.92. The van der Waals surface area contributed by atoms with E-state index >= 15 is 0 Å². The molecule has 0 aliphatic carbocycles. The van der Waals surface area contributed by atoms with Crippen molar-refractivity contribution in [2.75, 3.05) is 6.54 Å². The second-order valence-electron chi connectivity index (χ2n) is 3.62. The van der Waals surface area contributed by atoms with Gasteiger partial charge in [0.15, 0.2) is 4.77 Å². The van der Waals surface area contributed by atoms with Crippen molar-refractivity contribution in [1.82, 2.24) is 14.9 Å². The molecule has 0 saturated carbocycles. The number of aromatic amines is 1. The number of hydrogen-bond acceptors (Lipinski definition) is 2. The number of H-pyrrole nitrogens is 1. The van der Waals surface area contributed by atoms with Crippen LogP contribution in [0.2, 0.25) is 0 Å². The van der Waals surface area contributed by atoms with Gasteiger partial charge in [-0.3, -0.25) is 4.79 Å². The van der Waals surface area contributed by atoms with E-state index in [2.05, 4.69) is 10.3 Å². The van der Waals surface area contributed by atoms with Crippen molar-refractivity contribution in [3.05, 3.63) is 16.7 Å². The monoisotopic (exact) mass is 227 g/mol. The molecule has 1 heterocycles. The molecule has 0 bridgehead atoms. The highest BCUT2D eigenvalue weighted by molar-refractivity contribution is 7.71. The van der Waals surface area contributed by atoms with Crippen LogP contribution in [0.4, 0.5) is 0 Å². The summed E-state index contributed by atoms with van der Waals surface area (Å²) in [5, 5.41) is 2.85. The predicted molar refractivity (Wildman–Crippen MR) is 62.4 cm³/mol. The molecule has 1 rings (SSSR count). The molecule has 1 aromatic rings. The van der Waals surface area contributed by atoms with Crippen LogP contribution in [0, 0.1) is 11.7 Å². The van der Waals surface area contributed by atoms with Crippen LogP contribution in [-0.2, 0) is 4.79 Å². The number of rotatable bonds is 4. The van der Waals surface area contributed by atoms with Crippen LogP contribution in [-0.4, -0.2) is 22.0 Å². The highest BCUT2D eigenvalue weighted by Crippen LogP contribution is 2.08. The zero-order valence-corrected chi connectivity index (χ0v) is 10.1. The maximum atomic E-state index is 11.7. The predicted octanol–water partition coefficient (Wildman–Crippen LogP) is 1.94. The molecule has 0 aromatic carbocycles. The van der Waals surface area contributed by atoms with Crippen molar-refractivity contribution in [3.63, 3.8) is 0 Å². The van der Waals surface area contributed by atoms with Crippen molar-refractivity contribution < 1.29 is 4.79 Å². The molecular formula is C10H17N3OS. The molecule has 2 N–H and O–H groups in total. The van der Waals surface area contributed by atoms with E-state index < -0.39 is 0 Å². The number of nitrogens with one attached hydrogen (secondary N) is 2. The summed E-state index contributed by atoms with van der Waals surface area (Å²) in [4.78, 5) is 14.7. The fourth-order valence-corrected chi connectivity index (χ4v) is 1.71. The number of amides is 1. The van der Waals surface area contributed by atoms with E-state index in [4.69, 9.17) is 12.2 Å². The average Bonchev–Trinajstić information content (AvgIpc) is 2.53. The number of aromatic nitrogens is 2. The molecule has 0 saturated heterocycles.